The van der Waals surface area contributed by atoms with Crippen molar-refractivity contribution in [3.63, 3.8) is 0 Å². The van der Waals surface area contributed by atoms with Crippen LogP contribution >= 0.6 is 0 Å². The van der Waals surface area contributed by atoms with Gasteiger partial charge in [0.05, 0.1) is 17.5 Å². The molecule has 1 aliphatic rings. The number of hydrogen-bond donors (Lipinski definition) is 0. The molecule has 1 fully saturated rings. The van der Waals surface area contributed by atoms with Crippen LogP contribution in [0.2, 0.25) is 0 Å². The van der Waals surface area contributed by atoms with E-state index in [0.717, 1.165) is 16.3 Å². The van der Waals surface area contributed by atoms with Crippen LogP contribution < -0.4 is 4.74 Å². The van der Waals surface area contributed by atoms with Crippen LogP contribution in [0.25, 0.3) is 10.8 Å². The van der Waals surface area contributed by atoms with Crippen LogP contribution in [-0.4, -0.2) is 26.4 Å². The van der Waals surface area contributed by atoms with E-state index in [1.54, 1.807) is 35.7 Å². The number of rotatable bonds is 4. The van der Waals surface area contributed by atoms with Crippen molar-refractivity contribution in [2.75, 3.05) is 13.7 Å². The molecule has 3 aromatic carbocycles. The van der Waals surface area contributed by atoms with Gasteiger partial charge in [0.1, 0.15) is 5.75 Å². The molecule has 4 nitrogen and oxygen atoms in total. The first-order valence-electron chi connectivity index (χ1n) is 8.11. The Hall–Kier alpha value is -2.37. The van der Waals surface area contributed by atoms with E-state index in [2.05, 4.69) is 12.1 Å². The number of hydrogen-bond acceptors (Lipinski definition) is 3. The topological polar surface area (TPSA) is 46.4 Å². The Balaban J connectivity index is 1.68. The molecule has 1 saturated heterocycles. The molecular weight excluding hydrogens is 334 g/mol. The van der Waals surface area contributed by atoms with Crippen molar-refractivity contribution >= 4 is 20.8 Å². The molecule has 2 atom stereocenters. The Morgan fingerprint density at radius 3 is 2.32 bits per heavy atom. The van der Waals surface area contributed by atoms with Gasteiger partial charge in [0.2, 0.25) is 10.0 Å². The molecule has 1 heterocycles. The number of methoxy groups -OCH3 is 1. The average Bonchev–Trinajstić information content (AvgIpc) is 3.35. The van der Waals surface area contributed by atoms with E-state index in [1.165, 1.54) is 0 Å². The lowest BCUT2D eigenvalue weighted by atomic mass is 9.98. The monoisotopic (exact) mass is 353 g/mol. The zero-order valence-electron chi connectivity index (χ0n) is 14.1. The largest absolute Gasteiger partial charge is 0.497 e. The maximum atomic E-state index is 12.9. The summed E-state index contributed by atoms with van der Waals surface area (Å²) in [6.45, 7) is 2.46. The molecule has 0 aromatic heterocycles. The lowest BCUT2D eigenvalue weighted by Gasteiger charge is -2.14. The molecule has 5 heteroatoms. The van der Waals surface area contributed by atoms with Gasteiger partial charge >= 0.3 is 0 Å². The lowest BCUT2D eigenvalue weighted by Crippen LogP contribution is -2.19. The molecule has 0 radical (unpaired) electrons. The zero-order chi connectivity index (χ0) is 17.7. The fraction of sp³-hybridized carbons (Fsp3) is 0.200. The summed E-state index contributed by atoms with van der Waals surface area (Å²) in [5, 5.41) is 2.27. The summed E-state index contributed by atoms with van der Waals surface area (Å²) in [5.74, 6) is 0.641. The molecule has 0 amide bonds. The van der Waals surface area contributed by atoms with E-state index in [9.17, 15) is 8.42 Å². The maximum Gasteiger partial charge on any atom is 0.244 e. The van der Waals surface area contributed by atoms with Crippen LogP contribution in [-0.2, 0) is 15.6 Å². The molecule has 128 valence electrons. The normalized spacial score (nSPS) is 22.7. The van der Waals surface area contributed by atoms with E-state index < -0.39 is 15.6 Å². The first-order chi connectivity index (χ1) is 11.9. The molecule has 25 heavy (non-hydrogen) atoms. The Kier molecular flexibility index (Phi) is 3.60. The van der Waals surface area contributed by atoms with Crippen LogP contribution in [0, 0.1) is 0 Å². The second kappa shape index (κ2) is 5.58. The first kappa shape index (κ1) is 16.1. The minimum absolute atomic E-state index is 0.290. The van der Waals surface area contributed by atoms with Crippen LogP contribution in [0.5, 0.6) is 5.75 Å². The molecule has 3 aromatic rings. The van der Waals surface area contributed by atoms with Crippen LogP contribution in [0.1, 0.15) is 12.5 Å². The molecule has 2 unspecified atom stereocenters. The third-order valence-electron chi connectivity index (χ3n) is 4.92. The predicted molar refractivity (Wildman–Crippen MR) is 98.2 cm³/mol. The van der Waals surface area contributed by atoms with Crippen molar-refractivity contribution in [1.29, 1.82) is 0 Å². The molecular formula is C20H19NO3S. The van der Waals surface area contributed by atoms with Gasteiger partial charge < -0.3 is 4.74 Å². The maximum absolute atomic E-state index is 12.9. The van der Waals surface area contributed by atoms with Gasteiger partial charge in [-0.3, -0.25) is 0 Å². The van der Waals surface area contributed by atoms with E-state index in [0.29, 0.717) is 12.3 Å². The second-order valence-electron chi connectivity index (χ2n) is 6.52. The van der Waals surface area contributed by atoms with Crippen molar-refractivity contribution in [2.45, 2.75) is 17.4 Å². The van der Waals surface area contributed by atoms with Crippen LogP contribution in [0.3, 0.4) is 0 Å². The smallest absolute Gasteiger partial charge is 0.244 e. The van der Waals surface area contributed by atoms with Crippen molar-refractivity contribution in [2.24, 2.45) is 0 Å². The van der Waals surface area contributed by atoms with Crippen LogP contribution in [0.4, 0.5) is 0 Å². The number of ether oxygens (including phenoxy) is 1. The number of nitrogens with zero attached hydrogens (tertiary/aromatic N) is 1. The minimum Gasteiger partial charge on any atom is -0.497 e. The highest BCUT2D eigenvalue weighted by molar-refractivity contribution is 7.89. The lowest BCUT2D eigenvalue weighted by molar-refractivity contribution is 0.414. The Morgan fingerprint density at radius 1 is 0.960 bits per heavy atom. The third kappa shape index (κ3) is 2.60. The van der Waals surface area contributed by atoms with E-state index in [1.807, 2.05) is 37.3 Å². The van der Waals surface area contributed by atoms with Gasteiger partial charge in [0, 0.05) is 6.54 Å². The van der Waals surface area contributed by atoms with Gasteiger partial charge in [-0.05, 0) is 53.6 Å². The summed E-state index contributed by atoms with van der Waals surface area (Å²) in [5.41, 5.74) is 0.520. The van der Waals surface area contributed by atoms with E-state index in [4.69, 9.17) is 4.74 Å². The summed E-state index contributed by atoms with van der Waals surface area (Å²) in [6, 6.07) is 20.8. The third-order valence-corrected chi connectivity index (χ3v) is 6.90. The van der Waals surface area contributed by atoms with E-state index >= 15 is 0 Å². The number of sulfonamides is 1. The van der Waals surface area contributed by atoms with Gasteiger partial charge in [-0.25, -0.2) is 8.42 Å². The molecule has 0 bridgehead atoms. The fourth-order valence-electron chi connectivity index (χ4n) is 3.23. The molecule has 0 aliphatic carbocycles. The van der Waals surface area contributed by atoms with Crippen LogP contribution in [0.15, 0.2) is 71.6 Å². The van der Waals surface area contributed by atoms with Crippen molar-refractivity contribution in [3.8, 4) is 5.75 Å². The van der Waals surface area contributed by atoms with Gasteiger partial charge in [-0.2, -0.15) is 4.31 Å². The Morgan fingerprint density at radius 2 is 1.64 bits per heavy atom. The van der Waals surface area contributed by atoms with Crippen molar-refractivity contribution < 1.29 is 13.2 Å². The van der Waals surface area contributed by atoms with E-state index in [-0.39, 0.29) is 4.90 Å². The van der Waals surface area contributed by atoms with Crippen molar-refractivity contribution in [3.05, 3.63) is 72.3 Å². The van der Waals surface area contributed by atoms with Gasteiger partial charge in [-0.15, -0.1) is 0 Å². The highest BCUT2D eigenvalue weighted by Crippen LogP contribution is 2.47. The summed E-state index contributed by atoms with van der Waals surface area (Å²) in [6.07, 6.45) is 0. The summed E-state index contributed by atoms with van der Waals surface area (Å²) >= 11 is 0. The number of benzene rings is 3. The highest BCUT2D eigenvalue weighted by Gasteiger charge is 2.56. The Labute approximate surface area is 147 Å². The fourth-order valence-corrected chi connectivity index (χ4v) is 5.02. The summed E-state index contributed by atoms with van der Waals surface area (Å²) in [7, 11) is -1.96. The quantitative estimate of drug-likeness (QED) is 0.671. The van der Waals surface area contributed by atoms with Gasteiger partial charge in [0.25, 0.3) is 0 Å². The minimum atomic E-state index is -3.52. The Bertz CT molecular complexity index is 1040. The first-order valence-corrected chi connectivity index (χ1v) is 9.55. The SMILES string of the molecule is COc1ccc(S(=O)(=O)N2CC2(C)c2ccc3ccccc3c2)cc1. The average molecular weight is 353 g/mol. The van der Waals surface area contributed by atoms with Gasteiger partial charge in [0.15, 0.2) is 0 Å². The standard InChI is InChI=1S/C20H19NO3S/c1-20(17-8-7-15-5-3-4-6-16(15)13-17)14-21(20)25(22,23)19-11-9-18(24-2)10-12-19/h3-13H,14H2,1-2H3. The molecule has 0 spiro atoms. The molecule has 1 aliphatic heterocycles. The molecule has 0 N–H and O–H groups in total. The summed E-state index contributed by atoms with van der Waals surface area (Å²) < 4.78 is 32.5. The zero-order valence-corrected chi connectivity index (χ0v) is 15.0. The summed E-state index contributed by atoms with van der Waals surface area (Å²) in [4.78, 5) is 0.290. The molecule has 0 saturated carbocycles. The number of fused-ring (bicyclic) bond motifs is 1. The second-order valence-corrected chi connectivity index (χ2v) is 8.39. The van der Waals surface area contributed by atoms with Crippen molar-refractivity contribution in [1.82, 2.24) is 4.31 Å². The predicted octanol–water partition coefficient (Wildman–Crippen LogP) is 3.77. The highest BCUT2D eigenvalue weighted by atomic mass is 32.2. The van der Waals surface area contributed by atoms with Gasteiger partial charge in [-0.1, -0.05) is 36.4 Å². The molecule has 4 rings (SSSR count).